The Labute approximate surface area is 140 Å². The van der Waals surface area contributed by atoms with Crippen LogP contribution in [0.2, 0.25) is 0 Å². The average Bonchev–Trinajstić information content (AvgIpc) is 3.17. The van der Waals surface area contributed by atoms with Crippen LogP contribution in [0.15, 0.2) is 53.4 Å². The van der Waals surface area contributed by atoms with Crippen LogP contribution in [0.1, 0.15) is 16.1 Å². The summed E-state index contributed by atoms with van der Waals surface area (Å²) >= 11 is 3.32. The number of hydrogen-bond donors (Lipinski definition) is 1. The van der Waals surface area contributed by atoms with Gasteiger partial charge in [0.1, 0.15) is 12.7 Å². The quantitative estimate of drug-likeness (QED) is 0.763. The first-order valence-electron chi connectivity index (χ1n) is 6.67. The predicted octanol–water partition coefficient (Wildman–Crippen LogP) is 2.47. The first kappa shape index (κ1) is 15.0. The first-order chi connectivity index (χ1) is 11.2. The molecule has 2 heterocycles. The van der Waals surface area contributed by atoms with Crippen LogP contribution in [0.3, 0.4) is 0 Å². The van der Waals surface area contributed by atoms with Gasteiger partial charge in [-0.2, -0.15) is 15.5 Å². The number of aromatic nitrogens is 4. The average molecular weight is 371 g/mol. The molecule has 1 amide bonds. The minimum atomic E-state index is -0.368. The van der Waals surface area contributed by atoms with Gasteiger partial charge in [0.05, 0.1) is 21.9 Å². The molecule has 0 aliphatic heterocycles. The maximum Gasteiger partial charge on any atom is 0.276 e. The molecule has 23 heavy (non-hydrogen) atoms. The fraction of sp³-hybridized carbons (Fsp3) is 0.0667. The number of carbonyl (C=O) groups is 1. The summed E-state index contributed by atoms with van der Waals surface area (Å²) in [5, 5.41) is 20.1. The third kappa shape index (κ3) is 3.46. The summed E-state index contributed by atoms with van der Waals surface area (Å²) in [6, 6.07) is 10.5. The van der Waals surface area contributed by atoms with Gasteiger partial charge < -0.3 is 5.32 Å². The predicted molar refractivity (Wildman–Crippen MR) is 86.7 cm³/mol. The summed E-state index contributed by atoms with van der Waals surface area (Å²) in [6.07, 6.45) is 5.18. The van der Waals surface area contributed by atoms with Crippen LogP contribution in [-0.4, -0.2) is 25.5 Å². The van der Waals surface area contributed by atoms with E-state index in [0.717, 1.165) is 4.47 Å². The summed E-state index contributed by atoms with van der Waals surface area (Å²) in [5.74, 6) is -0.368. The number of nitrogens with one attached hydrogen (secondary N) is 1. The maximum atomic E-state index is 12.2. The number of amides is 1. The van der Waals surface area contributed by atoms with Crippen LogP contribution >= 0.6 is 15.9 Å². The van der Waals surface area contributed by atoms with Crippen LogP contribution in [0.25, 0.3) is 0 Å². The molecule has 0 aliphatic rings. The Hall–Kier alpha value is -2.92. The zero-order valence-electron chi connectivity index (χ0n) is 11.8. The van der Waals surface area contributed by atoms with Gasteiger partial charge in [0.25, 0.3) is 5.91 Å². The molecule has 114 valence electrons. The Bertz CT molecular complexity index is 891. The topological polar surface area (TPSA) is 88.5 Å². The molecule has 0 atom stereocenters. The minimum Gasteiger partial charge on any atom is -0.319 e. The molecule has 2 aromatic heterocycles. The molecule has 0 radical (unpaired) electrons. The first-order valence-corrected chi connectivity index (χ1v) is 7.47. The van der Waals surface area contributed by atoms with E-state index >= 15 is 0 Å². The smallest absolute Gasteiger partial charge is 0.276 e. The number of rotatable bonds is 4. The molecule has 0 bridgehead atoms. The van der Waals surface area contributed by atoms with Crippen LogP contribution in [0, 0.1) is 11.3 Å². The van der Waals surface area contributed by atoms with Crippen LogP contribution in [0.5, 0.6) is 0 Å². The Balaban J connectivity index is 1.72. The van der Waals surface area contributed by atoms with Crippen molar-refractivity contribution in [3.63, 3.8) is 0 Å². The van der Waals surface area contributed by atoms with E-state index in [4.69, 9.17) is 5.26 Å². The fourth-order valence-electron chi connectivity index (χ4n) is 2.00. The lowest BCUT2D eigenvalue weighted by molar-refractivity contribution is 0.102. The number of para-hydroxylation sites is 1. The highest BCUT2D eigenvalue weighted by molar-refractivity contribution is 9.10. The van der Waals surface area contributed by atoms with Crippen molar-refractivity contribution in [2.45, 2.75) is 6.67 Å². The van der Waals surface area contributed by atoms with E-state index < -0.39 is 0 Å². The lowest BCUT2D eigenvalue weighted by Crippen LogP contribution is -2.15. The second-order valence-electron chi connectivity index (χ2n) is 4.69. The molecule has 0 unspecified atom stereocenters. The van der Waals surface area contributed by atoms with Crippen LogP contribution in [0.4, 0.5) is 5.69 Å². The normalized spacial score (nSPS) is 10.3. The van der Waals surface area contributed by atoms with Crippen molar-refractivity contribution in [1.82, 2.24) is 19.6 Å². The van der Waals surface area contributed by atoms with Crippen molar-refractivity contribution >= 4 is 27.5 Å². The highest BCUT2D eigenvalue weighted by Crippen LogP contribution is 2.14. The molecule has 0 spiro atoms. The molecule has 0 aliphatic carbocycles. The molecule has 1 N–H and O–H groups in total. The van der Waals surface area contributed by atoms with Gasteiger partial charge in [0, 0.05) is 12.4 Å². The molecule has 0 saturated heterocycles. The lowest BCUT2D eigenvalue weighted by Gasteiger charge is -2.05. The molecular formula is C15H11BrN6O. The van der Waals surface area contributed by atoms with Crippen molar-refractivity contribution in [2.24, 2.45) is 0 Å². The fourth-order valence-corrected chi connectivity index (χ4v) is 2.33. The van der Waals surface area contributed by atoms with Crippen molar-refractivity contribution < 1.29 is 4.79 Å². The second kappa shape index (κ2) is 6.46. The molecule has 3 rings (SSSR count). The minimum absolute atomic E-state index is 0.268. The number of benzene rings is 1. The highest BCUT2D eigenvalue weighted by Gasteiger charge is 2.12. The standard InChI is InChI=1S/C15H11BrN6O/c16-12-8-18-22(9-12)10-21-6-5-14(20-21)15(23)19-13-4-2-1-3-11(13)7-17/h1-6,8-9H,10H2,(H,19,23). The third-order valence-electron chi connectivity index (χ3n) is 3.06. The molecule has 8 heteroatoms. The Kier molecular flexibility index (Phi) is 4.21. The Morgan fingerprint density at radius 3 is 2.87 bits per heavy atom. The van der Waals surface area contributed by atoms with Gasteiger partial charge in [0.2, 0.25) is 0 Å². The molecule has 0 saturated carbocycles. The van der Waals surface area contributed by atoms with Crippen LogP contribution in [-0.2, 0) is 6.67 Å². The second-order valence-corrected chi connectivity index (χ2v) is 5.61. The van der Waals surface area contributed by atoms with Crippen molar-refractivity contribution in [3.8, 4) is 6.07 Å². The molecule has 1 aromatic carbocycles. The number of nitriles is 1. The summed E-state index contributed by atoms with van der Waals surface area (Å²) in [5.41, 5.74) is 1.14. The summed E-state index contributed by atoms with van der Waals surface area (Å²) < 4.78 is 4.16. The van der Waals surface area contributed by atoms with Gasteiger partial charge in [0.15, 0.2) is 5.69 Å². The molecular weight excluding hydrogens is 360 g/mol. The number of halogens is 1. The van der Waals surface area contributed by atoms with Gasteiger partial charge in [-0.25, -0.2) is 4.68 Å². The van der Waals surface area contributed by atoms with E-state index in [2.05, 4.69) is 31.4 Å². The maximum absolute atomic E-state index is 12.2. The van der Waals surface area contributed by atoms with Crippen molar-refractivity contribution in [1.29, 1.82) is 5.26 Å². The summed E-state index contributed by atoms with van der Waals surface area (Å²) in [4.78, 5) is 12.2. The van der Waals surface area contributed by atoms with Gasteiger partial charge in [-0.1, -0.05) is 12.1 Å². The largest absolute Gasteiger partial charge is 0.319 e. The van der Waals surface area contributed by atoms with Crippen molar-refractivity contribution in [3.05, 3.63) is 64.7 Å². The Morgan fingerprint density at radius 1 is 1.30 bits per heavy atom. The third-order valence-corrected chi connectivity index (χ3v) is 3.47. The van der Waals surface area contributed by atoms with Gasteiger partial charge in [-0.15, -0.1) is 0 Å². The number of hydrogen-bond acceptors (Lipinski definition) is 4. The van der Waals surface area contributed by atoms with E-state index in [-0.39, 0.29) is 11.6 Å². The lowest BCUT2D eigenvalue weighted by atomic mass is 10.2. The SMILES string of the molecule is N#Cc1ccccc1NC(=O)c1ccn(Cn2cc(Br)cn2)n1. The highest BCUT2D eigenvalue weighted by atomic mass is 79.9. The molecule has 3 aromatic rings. The van der Waals surface area contributed by atoms with Gasteiger partial charge in [-0.05, 0) is 34.1 Å². The van der Waals surface area contributed by atoms with Gasteiger partial charge >= 0.3 is 0 Å². The van der Waals surface area contributed by atoms with Gasteiger partial charge in [-0.3, -0.25) is 9.48 Å². The Morgan fingerprint density at radius 2 is 2.13 bits per heavy atom. The van der Waals surface area contributed by atoms with Crippen molar-refractivity contribution in [2.75, 3.05) is 5.32 Å². The van der Waals surface area contributed by atoms with E-state index in [1.165, 1.54) is 0 Å². The van der Waals surface area contributed by atoms with E-state index in [0.29, 0.717) is 17.9 Å². The van der Waals surface area contributed by atoms with E-state index in [1.807, 2.05) is 12.3 Å². The molecule has 0 fully saturated rings. The summed E-state index contributed by atoms with van der Waals surface area (Å²) in [7, 11) is 0. The zero-order valence-corrected chi connectivity index (χ0v) is 13.4. The number of anilines is 1. The summed E-state index contributed by atoms with van der Waals surface area (Å²) in [6.45, 7) is 0.396. The molecule has 7 nitrogen and oxygen atoms in total. The number of carbonyl (C=O) groups excluding carboxylic acids is 1. The van der Waals surface area contributed by atoms with E-state index in [9.17, 15) is 4.79 Å². The zero-order chi connectivity index (χ0) is 16.2. The van der Waals surface area contributed by atoms with E-state index in [1.54, 1.807) is 52.1 Å². The van der Waals surface area contributed by atoms with Crippen LogP contribution < -0.4 is 5.32 Å². The monoisotopic (exact) mass is 370 g/mol. The number of nitrogens with zero attached hydrogens (tertiary/aromatic N) is 5.